The van der Waals surface area contributed by atoms with E-state index in [1.165, 1.54) is 48.2 Å². The highest BCUT2D eigenvalue weighted by atomic mass is 15.5. The van der Waals surface area contributed by atoms with Crippen molar-refractivity contribution >= 4 is 0 Å². The third-order valence-electron chi connectivity index (χ3n) is 3.54. The molecule has 0 spiro atoms. The lowest BCUT2D eigenvalue weighted by molar-refractivity contribution is -1.06. The first-order chi connectivity index (χ1) is 4.62. The Bertz CT molecular complexity index is 111. The zero-order valence-corrected chi connectivity index (χ0v) is 7.14. The van der Waals surface area contributed by atoms with Gasteiger partial charge >= 0.3 is 0 Å². The molecule has 0 aromatic heterocycles. The minimum absolute atomic E-state index is 1.36. The molecule has 2 bridgehead atoms. The Kier molecular flexibility index (Phi) is 1.15. The second-order valence-electron chi connectivity index (χ2n) is 4.58. The van der Waals surface area contributed by atoms with Crippen molar-refractivity contribution in [1.82, 2.24) is 0 Å². The van der Waals surface area contributed by atoms with Gasteiger partial charge in [-0.25, -0.2) is 0 Å². The van der Waals surface area contributed by atoms with E-state index < -0.39 is 0 Å². The summed E-state index contributed by atoms with van der Waals surface area (Å²) in [5.74, 6) is 0. The van der Waals surface area contributed by atoms with Crippen LogP contribution >= 0.6 is 0 Å². The minimum Gasteiger partial charge on any atom is -0.312 e. The molecule has 0 aromatic rings. The zero-order valence-electron chi connectivity index (χ0n) is 7.14. The molecule has 3 aliphatic rings. The van der Waals surface area contributed by atoms with E-state index in [1.807, 2.05) is 0 Å². The number of piperazine rings is 3. The summed E-state index contributed by atoms with van der Waals surface area (Å²) in [6.45, 7) is 8.48. The topological polar surface area (TPSA) is 0 Å². The van der Waals surface area contributed by atoms with Crippen LogP contribution < -0.4 is 0 Å². The van der Waals surface area contributed by atoms with Gasteiger partial charge in [0, 0.05) is 0 Å². The summed E-state index contributed by atoms with van der Waals surface area (Å²) in [7, 11) is 4.81. The molecule has 0 aliphatic carbocycles. The maximum Gasteiger partial charge on any atom is 0.129 e. The molecule has 0 unspecified atom stereocenters. The Hall–Kier alpha value is -0.0800. The van der Waals surface area contributed by atoms with E-state index in [-0.39, 0.29) is 0 Å². The average molecular weight is 142 g/mol. The van der Waals surface area contributed by atoms with Gasteiger partial charge in [0.25, 0.3) is 0 Å². The Morgan fingerprint density at radius 2 is 0.800 bits per heavy atom. The molecular formula is C8H18N2+2. The normalized spacial score (nSPS) is 53.4. The van der Waals surface area contributed by atoms with Crippen LogP contribution in [-0.4, -0.2) is 62.3 Å². The van der Waals surface area contributed by atoms with Gasteiger partial charge in [-0.15, -0.1) is 0 Å². The molecule has 3 fully saturated rings. The second-order valence-corrected chi connectivity index (χ2v) is 4.58. The van der Waals surface area contributed by atoms with Crippen LogP contribution in [0.1, 0.15) is 0 Å². The standard InChI is InChI=1S/C8H18N2/c1-9-3-6-10(2,7-4-9)8-5-9/h3-8H2,1-2H3/q+2. The minimum atomic E-state index is 1.36. The van der Waals surface area contributed by atoms with Gasteiger partial charge in [-0.05, 0) is 0 Å². The van der Waals surface area contributed by atoms with Gasteiger partial charge in [0.1, 0.15) is 39.3 Å². The fraction of sp³-hybridized carbons (Fsp3) is 1.00. The third kappa shape index (κ3) is 0.867. The fourth-order valence-electron chi connectivity index (χ4n) is 2.12. The predicted octanol–water partition coefficient (Wildman–Crippen LogP) is -0.0932. The first-order valence-electron chi connectivity index (χ1n) is 4.29. The van der Waals surface area contributed by atoms with Gasteiger partial charge in [0.15, 0.2) is 0 Å². The van der Waals surface area contributed by atoms with Crippen LogP contribution in [0.3, 0.4) is 0 Å². The molecule has 10 heavy (non-hydrogen) atoms. The first-order valence-corrected chi connectivity index (χ1v) is 4.29. The number of hydrogen-bond acceptors (Lipinski definition) is 0. The monoisotopic (exact) mass is 142 g/mol. The van der Waals surface area contributed by atoms with Crippen LogP contribution in [-0.2, 0) is 0 Å². The van der Waals surface area contributed by atoms with E-state index in [9.17, 15) is 0 Å². The highest BCUT2D eigenvalue weighted by molar-refractivity contribution is 4.56. The molecule has 58 valence electrons. The Morgan fingerprint density at radius 1 is 0.600 bits per heavy atom. The molecule has 0 saturated carbocycles. The smallest absolute Gasteiger partial charge is 0.129 e. The lowest BCUT2D eigenvalue weighted by Crippen LogP contribution is -2.72. The van der Waals surface area contributed by atoms with Crippen molar-refractivity contribution in [1.29, 1.82) is 0 Å². The molecule has 0 radical (unpaired) electrons. The summed E-state index contributed by atoms with van der Waals surface area (Å²) < 4.78 is 2.71. The number of quaternary nitrogens is 2. The number of likely N-dealkylation sites (N-methyl/N-ethyl adjacent to an activating group) is 2. The average Bonchev–Trinajstić information content (AvgIpc) is 1.93. The largest absolute Gasteiger partial charge is 0.312 e. The zero-order chi connectivity index (χ0) is 7.24. The molecule has 0 amide bonds. The maximum absolute atomic E-state index is 2.41. The van der Waals surface area contributed by atoms with Crippen molar-refractivity contribution < 1.29 is 8.97 Å². The summed E-state index contributed by atoms with van der Waals surface area (Å²) in [5, 5.41) is 0. The van der Waals surface area contributed by atoms with E-state index in [1.54, 1.807) is 0 Å². The molecule has 3 rings (SSSR count). The molecule has 0 aromatic carbocycles. The van der Waals surface area contributed by atoms with E-state index in [2.05, 4.69) is 14.1 Å². The molecule has 3 aliphatic heterocycles. The molecule has 0 atom stereocenters. The van der Waals surface area contributed by atoms with E-state index in [4.69, 9.17) is 0 Å². The lowest BCUT2D eigenvalue weighted by atomic mass is 10.1. The third-order valence-corrected chi connectivity index (χ3v) is 3.54. The summed E-state index contributed by atoms with van der Waals surface area (Å²) >= 11 is 0. The summed E-state index contributed by atoms with van der Waals surface area (Å²) in [6, 6.07) is 0. The first kappa shape index (κ1) is 6.62. The van der Waals surface area contributed by atoms with Crippen LogP contribution in [0.25, 0.3) is 0 Å². The predicted molar refractivity (Wildman–Crippen MR) is 41.6 cm³/mol. The summed E-state index contributed by atoms with van der Waals surface area (Å²) in [5.41, 5.74) is 0. The van der Waals surface area contributed by atoms with E-state index in [0.29, 0.717) is 0 Å². The van der Waals surface area contributed by atoms with Gasteiger partial charge in [-0.1, -0.05) is 0 Å². The molecular weight excluding hydrogens is 124 g/mol. The van der Waals surface area contributed by atoms with Crippen molar-refractivity contribution in [2.24, 2.45) is 0 Å². The van der Waals surface area contributed by atoms with Crippen LogP contribution in [0.4, 0.5) is 0 Å². The number of hydrogen-bond donors (Lipinski definition) is 0. The van der Waals surface area contributed by atoms with Gasteiger partial charge in [-0.3, -0.25) is 0 Å². The number of nitrogens with zero attached hydrogens (tertiary/aromatic N) is 2. The lowest BCUT2D eigenvalue weighted by Gasteiger charge is -2.52. The van der Waals surface area contributed by atoms with Crippen molar-refractivity contribution in [3.8, 4) is 0 Å². The van der Waals surface area contributed by atoms with Gasteiger partial charge in [-0.2, -0.15) is 0 Å². The highest BCUT2D eigenvalue weighted by Gasteiger charge is 2.43. The van der Waals surface area contributed by atoms with Crippen LogP contribution in [0, 0.1) is 0 Å². The van der Waals surface area contributed by atoms with E-state index in [0.717, 1.165) is 0 Å². The molecule has 3 saturated heterocycles. The van der Waals surface area contributed by atoms with Crippen molar-refractivity contribution in [3.05, 3.63) is 0 Å². The fourth-order valence-corrected chi connectivity index (χ4v) is 2.12. The van der Waals surface area contributed by atoms with Crippen LogP contribution in [0.2, 0.25) is 0 Å². The van der Waals surface area contributed by atoms with Crippen molar-refractivity contribution in [2.75, 3.05) is 53.4 Å². The maximum atomic E-state index is 2.41. The molecule has 0 N–H and O–H groups in total. The number of rotatable bonds is 0. The number of fused-ring (bicyclic) bond motifs is 3. The van der Waals surface area contributed by atoms with Crippen LogP contribution in [0.5, 0.6) is 0 Å². The van der Waals surface area contributed by atoms with Crippen LogP contribution in [0.15, 0.2) is 0 Å². The Labute approximate surface area is 63.2 Å². The van der Waals surface area contributed by atoms with E-state index >= 15 is 0 Å². The van der Waals surface area contributed by atoms with Crippen molar-refractivity contribution in [2.45, 2.75) is 0 Å². The highest BCUT2D eigenvalue weighted by Crippen LogP contribution is 2.21. The van der Waals surface area contributed by atoms with Gasteiger partial charge in [0.05, 0.1) is 14.1 Å². The van der Waals surface area contributed by atoms with Crippen molar-refractivity contribution in [3.63, 3.8) is 0 Å². The quantitative estimate of drug-likeness (QED) is 0.415. The Balaban J connectivity index is 2.16. The van der Waals surface area contributed by atoms with Gasteiger partial charge < -0.3 is 8.97 Å². The SMILES string of the molecule is C[N+]12CC[N+](C)(CC1)CC2. The second kappa shape index (κ2) is 1.74. The summed E-state index contributed by atoms with van der Waals surface area (Å²) in [6.07, 6.45) is 0. The molecule has 2 nitrogen and oxygen atoms in total. The van der Waals surface area contributed by atoms with Gasteiger partial charge in [0.2, 0.25) is 0 Å². The molecule has 2 heteroatoms. The summed E-state index contributed by atoms with van der Waals surface area (Å²) in [4.78, 5) is 0. The molecule has 3 heterocycles. The Morgan fingerprint density at radius 3 is 1.00 bits per heavy atom.